The van der Waals surface area contributed by atoms with Crippen LogP contribution in [0.2, 0.25) is 0 Å². The van der Waals surface area contributed by atoms with E-state index in [0.29, 0.717) is 12.1 Å². The van der Waals surface area contributed by atoms with Crippen LogP contribution >= 0.6 is 0 Å². The number of hydrogen-bond acceptors (Lipinski definition) is 1. The SMILES string of the molecule is CCCC(F)(F)c1ccc(-c2ccc(N)cc2)cc1. The summed E-state index contributed by atoms with van der Waals surface area (Å²) in [5.74, 6) is -2.74. The Balaban J connectivity index is 2.25. The third kappa shape index (κ3) is 3.11. The molecule has 3 heteroatoms. The normalized spacial score (nSPS) is 11.5. The average Bonchev–Trinajstić information content (AvgIpc) is 2.40. The van der Waals surface area contributed by atoms with E-state index in [9.17, 15) is 8.78 Å². The maximum atomic E-state index is 13.7. The predicted octanol–water partition coefficient (Wildman–Crippen LogP) is 4.83. The molecule has 100 valence electrons. The molecular formula is C16H17F2N. The standard InChI is InChI=1S/C16H17F2N/c1-2-11-16(17,18)14-7-3-12(4-8-14)13-5-9-15(19)10-6-13/h3-10H,2,11,19H2,1H3. The van der Waals surface area contributed by atoms with Crippen LogP contribution in [0.3, 0.4) is 0 Å². The van der Waals surface area contributed by atoms with Crippen LogP contribution in [0.25, 0.3) is 11.1 Å². The van der Waals surface area contributed by atoms with E-state index in [1.165, 1.54) is 12.1 Å². The van der Waals surface area contributed by atoms with Crippen molar-refractivity contribution in [3.05, 3.63) is 54.1 Å². The van der Waals surface area contributed by atoms with E-state index in [4.69, 9.17) is 5.73 Å². The van der Waals surface area contributed by atoms with Crippen molar-refractivity contribution in [3.63, 3.8) is 0 Å². The molecule has 0 saturated heterocycles. The number of halogens is 2. The first kappa shape index (κ1) is 13.5. The summed E-state index contributed by atoms with van der Waals surface area (Å²) in [4.78, 5) is 0. The molecule has 0 saturated carbocycles. The second kappa shape index (κ2) is 5.39. The van der Waals surface area contributed by atoms with Crippen molar-refractivity contribution < 1.29 is 8.78 Å². The lowest BCUT2D eigenvalue weighted by molar-refractivity contribution is -0.0140. The topological polar surface area (TPSA) is 26.0 Å². The molecule has 0 fully saturated rings. The quantitative estimate of drug-likeness (QED) is 0.784. The lowest BCUT2D eigenvalue weighted by Crippen LogP contribution is -2.12. The Morgan fingerprint density at radius 3 is 1.84 bits per heavy atom. The predicted molar refractivity (Wildman–Crippen MR) is 75.1 cm³/mol. The number of hydrogen-bond donors (Lipinski definition) is 1. The van der Waals surface area contributed by atoms with Crippen LogP contribution in [0.4, 0.5) is 14.5 Å². The summed E-state index contributed by atoms with van der Waals surface area (Å²) in [5, 5.41) is 0. The number of alkyl halides is 2. The van der Waals surface area contributed by atoms with Crippen LogP contribution < -0.4 is 5.73 Å². The van der Waals surface area contributed by atoms with Crippen molar-refractivity contribution in [2.75, 3.05) is 5.73 Å². The van der Waals surface area contributed by atoms with Gasteiger partial charge in [-0.05, 0) is 23.3 Å². The minimum atomic E-state index is -2.74. The molecule has 2 aromatic rings. The van der Waals surface area contributed by atoms with Gasteiger partial charge in [-0.25, -0.2) is 8.78 Å². The highest BCUT2D eigenvalue weighted by atomic mass is 19.3. The molecule has 0 aromatic heterocycles. The molecule has 0 atom stereocenters. The maximum Gasteiger partial charge on any atom is 0.273 e. The molecule has 2 aromatic carbocycles. The molecular weight excluding hydrogens is 244 g/mol. The summed E-state index contributed by atoms with van der Waals surface area (Å²) >= 11 is 0. The van der Waals surface area contributed by atoms with Gasteiger partial charge in [0.1, 0.15) is 0 Å². The van der Waals surface area contributed by atoms with Crippen molar-refractivity contribution in [2.24, 2.45) is 0 Å². The number of nitrogen functional groups attached to an aromatic ring is 1. The summed E-state index contributed by atoms with van der Waals surface area (Å²) in [5.41, 5.74) is 8.27. The molecule has 0 radical (unpaired) electrons. The van der Waals surface area contributed by atoms with E-state index >= 15 is 0 Å². The zero-order valence-corrected chi connectivity index (χ0v) is 10.9. The van der Waals surface area contributed by atoms with Crippen molar-refractivity contribution >= 4 is 5.69 Å². The van der Waals surface area contributed by atoms with E-state index in [1.54, 1.807) is 31.2 Å². The van der Waals surface area contributed by atoms with E-state index < -0.39 is 5.92 Å². The van der Waals surface area contributed by atoms with Crippen LogP contribution in [0.5, 0.6) is 0 Å². The van der Waals surface area contributed by atoms with E-state index in [-0.39, 0.29) is 12.0 Å². The van der Waals surface area contributed by atoms with Crippen molar-refractivity contribution in [2.45, 2.75) is 25.7 Å². The molecule has 0 aliphatic carbocycles. The van der Waals surface area contributed by atoms with Crippen LogP contribution in [0, 0.1) is 0 Å². The van der Waals surface area contributed by atoms with Gasteiger partial charge in [0.15, 0.2) is 0 Å². The molecule has 2 N–H and O–H groups in total. The van der Waals surface area contributed by atoms with Gasteiger partial charge in [-0.2, -0.15) is 0 Å². The maximum absolute atomic E-state index is 13.7. The Morgan fingerprint density at radius 2 is 1.37 bits per heavy atom. The van der Waals surface area contributed by atoms with Crippen molar-refractivity contribution in [1.82, 2.24) is 0 Å². The number of anilines is 1. The summed E-state index contributed by atoms with van der Waals surface area (Å²) in [7, 11) is 0. The summed E-state index contributed by atoms with van der Waals surface area (Å²) < 4.78 is 27.5. The Morgan fingerprint density at radius 1 is 0.895 bits per heavy atom. The van der Waals surface area contributed by atoms with Gasteiger partial charge in [-0.1, -0.05) is 49.7 Å². The first-order valence-electron chi connectivity index (χ1n) is 6.37. The monoisotopic (exact) mass is 261 g/mol. The van der Waals surface area contributed by atoms with E-state index in [0.717, 1.165) is 11.1 Å². The second-order valence-corrected chi connectivity index (χ2v) is 4.65. The highest BCUT2D eigenvalue weighted by Gasteiger charge is 2.29. The largest absolute Gasteiger partial charge is 0.399 e. The zero-order valence-electron chi connectivity index (χ0n) is 10.9. The minimum Gasteiger partial charge on any atom is -0.399 e. The van der Waals surface area contributed by atoms with Crippen LogP contribution in [-0.4, -0.2) is 0 Å². The molecule has 0 unspecified atom stereocenters. The second-order valence-electron chi connectivity index (χ2n) is 4.65. The van der Waals surface area contributed by atoms with Gasteiger partial charge in [0.25, 0.3) is 5.92 Å². The first-order chi connectivity index (χ1) is 9.03. The fraction of sp³-hybridized carbons (Fsp3) is 0.250. The lowest BCUT2D eigenvalue weighted by Gasteiger charge is -2.16. The van der Waals surface area contributed by atoms with Gasteiger partial charge in [0.2, 0.25) is 0 Å². The molecule has 0 bridgehead atoms. The molecule has 0 aliphatic rings. The van der Waals surface area contributed by atoms with Gasteiger partial charge in [0, 0.05) is 17.7 Å². The van der Waals surface area contributed by atoms with Crippen molar-refractivity contribution in [3.8, 4) is 11.1 Å². The Kier molecular flexibility index (Phi) is 3.84. The zero-order chi connectivity index (χ0) is 13.9. The Bertz CT molecular complexity index is 530. The molecule has 0 amide bonds. The van der Waals surface area contributed by atoms with Crippen LogP contribution in [0.1, 0.15) is 25.3 Å². The van der Waals surface area contributed by atoms with Crippen LogP contribution in [-0.2, 0) is 5.92 Å². The van der Waals surface area contributed by atoms with Crippen molar-refractivity contribution in [1.29, 1.82) is 0 Å². The number of benzene rings is 2. The molecule has 0 aliphatic heterocycles. The third-order valence-corrected chi connectivity index (χ3v) is 3.12. The van der Waals surface area contributed by atoms with Gasteiger partial charge in [0.05, 0.1) is 0 Å². The molecule has 0 heterocycles. The Hall–Kier alpha value is -1.90. The third-order valence-electron chi connectivity index (χ3n) is 3.12. The molecule has 19 heavy (non-hydrogen) atoms. The highest BCUT2D eigenvalue weighted by molar-refractivity contribution is 5.65. The summed E-state index contributed by atoms with van der Waals surface area (Å²) in [6.45, 7) is 1.76. The van der Waals surface area contributed by atoms with Gasteiger partial charge >= 0.3 is 0 Å². The van der Waals surface area contributed by atoms with E-state index in [2.05, 4.69) is 0 Å². The van der Waals surface area contributed by atoms with Gasteiger partial charge in [-0.15, -0.1) is 0 Å². The number of nitrogens with two attached hydrogens (primary N) is 1. The van der Waals surface area contributed by atoms with Crippen LogP contribution in [0.15, 0.2) is 48.5 Å². The molecule has 0 spiro atoms. The van der Waals surface area contributed by atoms with Gasteiger partial charge < -0.3 is 5.73 Å². The fourth-order valence-electron chi connectivity index (χ4n) is 2.04. The minimum absolute atomic E-state index is 0.0774. The van der Waals surface area contributed by atoms with Gasteiger partial charge in [-0.3, -0.25) is 0 Å². The Labute approximate surface area is 112 Å². The fourth-order valence-corrected chi connectivity index (χ4v) is 2.04. The highest BCUT2D eigenvalue weighted by Crippen LogP contribution is 2.34. The summed E-state index contributed by atoms with van der Waals surface area (Å²) in [6, 6.07) is 13.8. The number of rotatable bonds is 4. The van der Waals surface area contributed by atoms with E-state index in [1.807, 2.05) is 12.1 Å². The smallest absolute Gasteiger partial charge is 0.273 e. The first-order valence-corrected chi connectivity index (χ1v) is 6.37. The molecule has 1 nitrogen and oxygen atoms in total. The lowest BCUT2D eigenvalue weighted by atomic mass is 9.99. The average molecular weight is 261 g/mol. The summed E-state index contributed by atoms with van der Waals surface area (Å²) in [6.07, 6.45) is 0.348. The molecule has 2 rings (SSSR count).